The van der Waals surface area contributed by atoms with Crippen molar-refractivity contribution in [2.24, 2.45) is 0 Å². The number of benzene rings is 1. The highest BCUT2D eigenvalue weighted by Gasteiger charge is 2.14. The third kappa shape index (κ3) is 2.91. The van der Waals surface area contributed by atoms with Crippen LogP contribution in [0.5, 0.6) is 17.2 Å². The molecule has 0 aliphatic rings. The fourth-order valence-corrected chi connectivity index (χ4v) is 2.65. The molecule has 0 fully saturated rings. The number of carbonyl (C=O) groups is 1. The van der Waals surface area contributed by atoms with E-state index in [4.69, 9.17) is 14.2 Å². The van der Waals surface area contributed by atoms with Crippen molar-refractivity contribution in [3.05, 3.63) is 33.8 Å². The molecular formula is C14H15NO4S. The Labute approximate surface area is 121 Å². The van der Waals surface area contributed by atoms with E-state index in [2.05, 4.69) is 4.98 Å². The van der Waals surface area contributed by atoms with Gasteiger partial charge in [0, 0.05) is 11.8 Å². The second kappa shape index (κ2) is 6.38. The van der Waals surface area contributed by atoms with Gasteiger partial charge in [0.15, 0.2) is 17.8 Å². The summed E-state index contributed by atoms with van der Waals surface area (Å²) in [6.45, 7) is 0. The van der Waals surface area contributed by atoms with E-state index in [9.17, 15) is 4.79 Å². The van der Waals surface area contributed by atoms with Crippen molar-refractivity contribution < 1.29 is 19.0 Å². The number of thiazole rings is 1. The highest BCUT2D eigenvalue weighted by Crippen LogP contribution is 2.38. The molecule has 2 aromatic rings. The molecule has 20 heavy (non-hydrogen) atoms. The fourth-order valence-electron chi connectivity index (χ4n) is 1.87. The van der Waals surface area contributed by atoms with Crippen LogP contribution in [-0.4, -0.2) is 32.6 Å². The third-order valence-electron chi connectivity index (χ3n) is 2.77. The molecular weight excluding hydrogens is 278 g/mol. The van der Waals surface area contributed by atoms with Gasteiger partial charge in [-0.05, 0) is 17.7 Å². The molecule has 0 saturated heterocycles. The first kappa shape index (κ1) is 14.3. The van der Waals surface area contributed by atoms with Crippen molar-refractivity contribution in [2.45, 2.75) is 6.42 Å². The SMILES string of the molecule is COc1cc(Cc2nc(C=O)cs2)cc(OC)c1OC. The lowest BCUT2D eigenvalue weighted by Gasteiger charge is -2.13. The van der Waals surface area contributed by atoms with Gasteiger partial charge in [-0.3, -0.25) is 4.79 Å². The van der Waals surface area contributed by atoms with Gasteiger partial charge < -0.3 is 14.2 Å². The van der Waals surface area contributed by atoms with E-state index in [1.165, 1.54) is 11.3 Å². The molecule has 0 spiro atoms. The van der Waals surface area contributed by atoms with Crippen LogP contribution in [0, 0.1) is 0 Å². The second-order valence-electron chi connectivity index (χ2n) is 3.99. The Morgan fingerprint density at radius 3 is 2.25 bits per heavy atom. The number of hydrogen-bond donors (Lipinski definition) is 0. The average molecular weight is 293 g/mol. The molecule has 0 aliphatic heterocycles. The molecule has 0 unspecified atom stereocenters. The standard InChI is InChI=1S/C14H15NO4S/c1-17-11-4-9(5-12(18-2)14(11)19-3)6-13-15-10(7-16)8-20-13/h4-5,7-8H,6H2,1-3H3. The van der Waals surface area contributed by atoms with Gasteiger partial charge in [-0.2, -0.15) is 0 Å². The predicted octanol–water partition coefficient (Wildman–Crippen LogP) is 2.57. The van der Waals surface area contributed by atoms with E-state index in [0.717, 1.165) is 16.9 Å². The third-order valence-corrected chi connectivity index (χ3v) is 3.64. The molecule has 0 amide bonds. The largest absolute Gasteiger partial charge is 0.493 e. The second-order valence-corrected chi connectivity index (χ2v) is 4.94. The van der Waals surface area contributed by atoms with Gasteiger partial charge in [0.2, 0.25) is 5.75 Å². The molecule has 0 bridgehead atoms. The summed E-state index contributed by atoms with van der Waals surface area (Å²) in [7, 11) is 4.72. The number of aromatic nitrogens is 1. The number of carbonyl (C=O) groups excluding carboxylic acids is 1. The van der Waals surface area contributed by atoms with E-state index in [1.54, 1.807) is 26.7 Å². The van der Waals surface area contributed by atoms with E-state index in [1.807, 2.05) is 12.1 Å². The van der Waals surface area contributed by atoms with Gasteiger partial charge >= 0.3 is 0 Å². The molecule has 0 aliphatic carbocycles. The number of aldehydes is 1. The first-order chi connectivity index (χ1) is 9.71. The average Bonchev–Trinajstić information content (AvgIpc) is 2.93. The summed E-state index contributed by atoms with van der Waals surface area (Å²) in [5.74, 6) is 1.77. The van der Waals surface area contributed by atoms with E-state index < -0.39 is 0 Å². The molecule has 0 saturated carbocycles. The van der Waals surface area contributed by atoms with Crippen molar-refractivity contribution in [3.63, 3.8) is 0 Å². The van der Waals surface area contributed by atoms with Crippen LogP contribution in [-0.2, 0) is 6.42 Å². The number of hydrogen-bond acceptors (Lipinski definition) is 6. The van der Waals surface area contributed by atoms with Crippen molar-refractivity contribution in [1.82, 2.24) is 4.98 Å². The summed E-state index contributed by atoms with van der Waals surface area (Å²) >= 11 is 1.45. The van der Waals surface area contributed by atoms with Crippen LogP contribution in [0.2, 0.25) is 0 Å². The Morgan fingerprint density at radius 1 is 1.15 bits per heavy atom. The summed E-state index contributed by atoms with van der Waals surface area (Å²) in [6.07, 6.45) is 1.35. The molecule has 0 N–H and O–H groups in total. The maximum Gasteiger partial charge on any atom is 0.203 e. The zero-order valence-electron chi connectivity index (χ0n) is 11.5. The van der Waals surface area contributed by atoms with Crippen LogP contribution < -0.4 is 14.2 Å². The highest BCUT2D eigenvalue weighted by atomic mass is 32.1. The summed E-state index contributed by atoms with van der Waals surface area (Å²) in [4.78, 5) is 14.9. The van der Waals surface area contributed by atoms with E-state index in [-0.39, 0.29) is 0 Å². The zero-order valence-corrected chi connectivity index (χ0v) is 12.3. The zero-order chi connectivity index (χ0) is 14.5. The van der Waals surface area contributed by atoms with E-state index in [0.29, 0.717) is 29.4 Å². The molecule has 1 aromatic carbocycles. The van der Waals surface area contributed by atoms with Crippen molar-refractivity contribution in [1.29, 1.82) is 0 Å². The first-order valence-corrected chi connectivity index (χ1v) is 6.78. The first-order valence-electron chi connectivity index (χ1n) is 5.90. The lowest BCUT2D eigenvalue weighted by molar-refractivity contribution is 0.111. The van der Waals surface area contributed by atoms with Crippen LogP contribution in [0.3, 0.4) is 0 Å². The van der Waals surface area contributed by atoms with Crippen LogP contribution in [0.25, 0.3) is 0 Å². The molecule has 6 heteroatoms. The molecule has 1 heterocycles. The van der Waals surface area contributed by atoms with Gasteiger partial charge in [0.05, 0.1) is 26.3 Å². The Hall–Kier alpha value is -2.08. The van der Waals surface area contributed by atoms with Crippen LogP contribution in [0.1, 0.15) is 21.1 Å². The maximum atomic E-state index is 10.6. The van der Waals surface area contributed by atoms with Gasteiger partial charge in [-0.15, -0.1) is 11.3 Å². The van der Waals surface area contributed by atoms with E-state index >= 15 is 0 Å². The monoisotopic (exact) mass is 293 g/mol. The molecule has 2 rings (SSSR count). The van der Waals surface area contributed by atoms with Crippen LogP contribution in [0.4, 0.5) is 0 Å². The molecule has 5 nitrogen and oxygen atoms in total. The summed E-state index contributed by atoms with van der Waals surface area (Å²) in [5, 5.41) is 2.60. The molecule has 0 atom stereocenters. The Kier molecular flexibility index (Phi) is 4.57. The van der Waals surface area contributed by atoms with Crippen molar-refractivity contribution >= 4 is 17.6 Å². The van der Waals surface area contributed by atoms with Gasteiger partial charge in [0.1, 0.15) is 5.69 Å². The maximum absolute atomic E-state index is 10.6. The van der Waals surface area contributed by atoms with Crippen molar-refractivity contribution in [2.75, 3.05) is 21.3 Å². The smallest absolute Gasteiger partial charge is 0.203 e. The molecule has 1 aromatic heterocycles. The minimum Gasteiger partial charge on any atom is -0.493 e. The lowest BCUT2D eigenvalue weighted by Crippen LogP contribution is -1.97. The quantitative estimate of drug-likeness (QED) is 0.766. The Bertz CT molecular complexity index is 584. The summed E-state index contributed by atoms with van der Waals surface area (Å²) < 4.78 is 15.9. The number of nitrogens with zero attached hydrogens (tertiary/aromatic N) is 1. The van der Waals surface area contributed by atoms with Crippen molar-refractivity contribution in [3.8, 4) is 17.2 Å². The number of ether oxygens (including phenoxy) is 3. The number of methoxy groups -OCH3 is 3. The normalized spacial score (nSPS) is 10.2. The molecule has 106 valence electrons. The summed E-state index contributed by atoms with van der Waals surface area (Å²) in [6, 6.07) is 3.76. The van der Waals surface area contributed by atoms with Gasteiger partial charge in [-0.25, -0.2) is 4.98 Å². The minimum absolute atomic E-state index is 0.456. The number of rotatable bonds is 6. The Morgan fingerprint density at radius 2 is 1.80 bits per heavy atom. The topological polar surface area (TPSA) is 57.7 Å². The van der Waals surface area contributed by atoms with Gasteiger partial charge in [-0.1, -0.05) is 0 Å². The predicted molar refractivity (Wildman–Crippen MR) is 76.4 cm³/mol. The fraction of sp³-hybridized carbons (Fsp3) is 0.286. The summed E-state index contributed by atoms with van der Waals surface area (Å²) in [5.41, 5.74) is 1.43. The van der Waals surface area contributed by atoms with Gasteiger partial charge in [0.25, 0.3) is 0 Å². The van der Waals surface area contributed by atoms with Crippen LogP contribution in [0.15, 0.2) is 17.5 Å². The minimum atomic E-state index is 0.456. The highest BCUT2D eigenvalue weighted by molar-refractivity contribution is 7.09. The lowest BCUT2D eigenvalue weighted by atomic mass is 10.1. The van der Waals surface area contributed by atoms with Crippen LogP contribution >= 0.6 is 11.3 Å². The Balaban J connectivity index is 2.34. The molecule has 0 radical (unpaired) electrons.